The number of carbonyl (C=O) groups excluding carboxylic acids is 1. The maximum atomic E-state index is 12.0. The van der Waals surface area contributed by atoms with Crippen LogP contribution in [0.4, 0.5) is 10.5 Å². The van der Waals surface area contributed by atoms with Crippen molar-refractivity contribution in [1.29, 1.82) is 0 Å². The Morgan fingerprint density at radius 2 is 2.27 bits per heavy atom. The van der Waals surface area contributed by atoms with E-state index < -0.39 is 5.54 Å². The Morgan fingerprint density at radius 1 is 1.50 bits per heavy atom. The van der Waals surface area contributed by atoms with Crippen LogP contribution in [0.2, 0.25) is 4.34 Å². The lowest BCUT2D eigenvalue weighted by Crippen LogP contribution is -2.50. The zero-order valence-electron chi connectivity index (χ0n) is 12.3. The molecule has 2 rings (SSSR count). The fraction of sp³-hybridized carbons (Fsp3) is 0.357. The molecule has 1 atom stereocenters. The Bertz CT molecular complexity index is 658. The number of aliphatic hydroxyl groups is 1. The van der Waals surface area contributed by atoms with Gasteiger partial charge in [0.05, 0.1) is 12.1 Å². The number of benzene rings is 1. The summed E-state index contributed by atoms with van der Waals surface area (Å²) in [5.74, 6) is 0. The molecule has 0 aliphatic carbocycles. The minimum Gasteiger partial charge on any atom is -0.394 e. The number of amides is 2. The zero-order chi connectivity index (χ0) is 16.2. The summed E-state index contributed by atoms with van der Waals surface area (Å²) < 4.78 is 4.29. The molecular weight excluding hydrogens is 324 g/mol. The van der Waals surface area contributed by atoms with Gasteiger partial charge in [0.25, 0.3) is 0 Å². The number of carbonyl (C=O) groups is 1. The summed E-state index contributed by atoms with van der Waals surface area (Å²) in [6.07, 6.45) is 0.622. The summed E-state index contributed by atoms with van der Waals surface area (Å²) in [6.45, 7) is 3.55. The van der Waals surface area contributed by atoms with Gasteiger partial charge in [-0.25, -0.2) is 4.79 Å². The lowest BCUT2D eigenvalue weighted by molar-refractivity contribution is 0.172. The maximum absolute atomic E-state index is 12.0. The number of anilines is 1. The summed E-state index contributed by atoms with van der Waals surface area (Å²) in [5, 5.41) is 18.8. The van der Waals surface area contributed by atoms with Gasteiger partial charge in [-0.2, -0.15) is 0 Å². The zero-order valence-corrected chi connectivity index (χ0v) is 13.8. The van der Waals surface area contributed by atoms with Gasteiger partial charge in [-0.3, -0.25) is 0 Å². The van der Waals surface area contributed by atoms with Crippen molar-refractivity contribution in [3.05, 3.63) is 28.6 Å². The van der Waals surface area contributed by atoms with Crippen molar-refractivity contribution in [1.82, 2.24) is 14.9 Å². The predicted molar refractivity (Wildman–Crippen MR) is 88.3 cm³/mol. The third kappa shape index (κ3) is 3.94. The standard InChI is InChI=1S/C14H17ClN4O2S/c1-3-14(2,8-20)17-13(21)16-10-6-4-5-9(7-10)11-12(15)22-19-18-11/h4-7,20H,3,8H2,1-2H3,(H2,16,17,21). The molecular formula is C14H17ClN4O2S. The Morgan fingerprint density at radius 3 is 2.86 bits per heavy atom. The summed E-state index contributed by atoms with van der Waals surface area (Å²) in [5.41, 5.74) is 1.32. The number of aromatic nitrogens is 2. The number of halogens is 1. The van der Waals surface area contributed by atoms with E-state index in [9.17, 15) is 9.90 Å². The minimum absolute atomic E-state index is 0.128. The van der Waals surface area contributed by atoms with Crippen LogP contribution in [-0.2, 0) is 0 Å². The van der Waals surface area contributed by atoms with Crippen LogP contribution in [-0.4, -0.2) is 32.9 Å². The molecule has 0 saturated carbocycles. The highest BCUT2D eigenvalue weighted by Gasteiger charge is 2.23. The fourth-order valence-corrected chi connectivity index (χ4v) is 2.45. The van der Waals surface area contributed by atoms with Gasteiger partial charge in [0, 0.05) is 22.8 Å². The van der Waals surface area contributed by atoms with Gasteiger partial charge in [-0.05, 0) is 25.5 Å². The molecule has 1 heterocycles. The average Bonchev–Trinajstić information content (AvgIpc) is 2.93. The molecule has 0 bridgehead atoms. The molecule has 0 spiro atoms. The Balaban J connectivity index is 2.11. The van der Waals surface area contributed by atoms with Gasteiger partial charge in [-0.1, -0.05) is 35.1 Å². The molecule has 6 nitrogen and oxygen atoms in total. The Labute approximate surface area is 137 Å². The van der Waals surface area contributed by atoms with Crippen LogP contribution in [0, 0.1) is 0 Å². The first-order chi connectivity index (χ1) is 10.5. The highest BCUT2D eigenvalue weighted by atomic mass is 35.5. The van der Waals surface area contributed by atoms with Crippen molar-refractivity contribution in [2.75, 3.05) is 11.9 Å². The van der Waals surface area contributed by atoms with E-state index in [1.165, 1.54) is 0 Å². The third-order valence-corrected chi connectivity index (χ3v) is 4.29. The summed E-state index contributed by atoms with van der Waals surface area (Å²) in [7, 11) is 0. The fourth-order valence-electron chi connectivity index (χ4n) is 1.77. The van der Waals surface area contributed by atoms with Crippen molar-refractivity contribution in [2.45, 2.75) is 25.8 Å². The van der Waals surface area contributed by atoms with Gasteiger partial charge in [0.2, 0.25) is 0 Å². The lowest BCUT2D eigenvalue weighted by Gasteiger charge is -2.27. The van der Waals surface area contributed by atoms with Crippen molar-refractivity contribution < 1.29 is 9.90 Å². The second-order valence-electron chi connectivity index (χ2n) is 5.13. The van der Waals surface area contributed by atoms with E-state index in [4.69, 9.17) is 11.6 Å². The largest absolute Gasteiger partial charge is 0.394 e. The number of nitrogens with one attached hydrogen (secondary N) is 2. The molecule has 3 N–H and O–H groups in total. The summed E-state index contributed by atoms with van der Waals surface area (Å²) >= 11 is 7.13. The van der Waals surface area contributed by atoms with E-state index in [0.717, 1.165) is 17.1 Å². The number of nitrogens with zero attached hydrogens (tertiary/aromatic N) is 2. The van der Waals surface area contributed by atoms with Gasteiger partial charge in [0.15, 0.2) is 0 Å². The van der Waals surface area contributed by atoms with Crippen LogP contribution in [0.15, 0.2) is 24.3 Å². The number of hydrogen-bond donors (Lipinski definition) is 3. The first-order valence-corrected chi connectivity index (χ1v) is 7.91. The molecule has 2 aromatic rings. The van der Waals surface area contributed by atoms with E-state index in [1.54, 1.807) is 25.1 Å². The molecule has 0 radical (unpaired) electrons. The van der Waals surface area contributed by atoms with Crippen LogP contribution in [0.5, 0.6) is 0 Å². The number of urea groups is 1. The van der Waals surface area contributed by atoms with E-state index in [0.29, 0.717) is 22.1 Å². The number of aliphatic hydroxyl groups excluding tert-OH is 1. The van der Waals surface area contributed by atoms with Crippen LogP contribution in [0.25, 0.3) is 11.3 Å². The van der Waals surface area contributed by atoms with E-state index >= 15 is 0 Å². The first-order valence-electron chi connectivity index (χ1n) is 6.76. The molecule has 22 heavy (non-hydrogen) atoms. The second kappa shape index (κ2) is 7.04. The Kier molecular flexibility index (Phi) is 5.33. The molecule has 0 saturated heterocycles. The molecule has 118 valence electrons. The third-order valence-electron chi connectivity index (χ3n) is 3.39. The van der Waals surface area contributed by atoms with Crippen molar-refractivity contribution in [3.63, 3.8) is 0 Å². The SMILES string of the molecule is CCC(C)(CO)NC(=O)Nc1cccc(-c2nnsc2Cl)c1. The highest BCUT2D eigenvalue weighted by molar-refractivity contribution is 7.10. The maximum Gasteiger partial charge on any atom is 0.319 e. The highest BCUT2D eigenvalue weighted by Crippen LogP contribution is 2.29. The van der Waals surface area contributed by atoms with Crippen molar-refractivity contribution in [2.24, 2.45) is 0 Å². The van der Waals surface area contributed by atoms with Crippen LogP contribution >= 0.6 is 23.1 Å². The molecule has 0 aliphatic rings. The molecule has 0 fully saturated rings. The molecule has 2 amide bonds. The topological polar surface area (TPSA) is 87.1 Å². The molecule has 1 aromatic heterocycles. The van der Waals surface area contributed by atoms with Crippen LogP contribution in [0.3, 0.4) is 0 Å². The quantitative estimate of drug-likeness (QED) is 0.780. The van der Waals surface area contributed by atoms with Gasteiger partial charge in [0.1, 0.15) is 10.0 Å². The second-order valence-corrected chi connectivity index (χ2v) is 6.48. The van der Waals surface area contributed by atoms with Gasteiger partial charge < -0.3 is 15.7 Å². The summed E-state index contributed by atoms with van der Waals surface area (Å²) in [6, 6.07) is 6.79. The normalized spacial score (nSPS) is 13.5. The van der Waals surface area contributed by atoms with Gasteiger partial charge >= 0.3 is 6.03 Å². The number of rotatable bonds is 5. The molecule has 0 aliphatic heterocycles. The van der Waals surface area contributed by atoms with Crippen molar-refractivity contribution >= 4 is 34.9 Å². The Hall–Kier alpha value is -1.70. The monoisotopic (exact) mass is 340 g/mol. The van der Waals surface area contributed by atoms with Crippen molar-refractivity contribution in [3.8, 4) is 11.3 Å². The lowest BCUT2D eigenvalue weighted by atomic mass is 10.0. The first kappa shape index (κ1) is 16.7. The van der Waals surface area contributed by atoms with Crippen LogP contribution in [0.1, 0.15) is 20.3 Å². The van der Waals surface area contributed by atoms with E-state index in [1.807, 2.05) is 13.0 Å². The number of hydrogen-bond acceptors (Lipinski definition) is 5. The van der Waals surface area contributed by atoms with E-state index in [-0.39, 0.29) is 12.6 Å². The predicted octanol–water partition coefficient (Wildman–Crippen LogP) is 3.14. The molecule has 1 unspecified atom stereocenters. The molecule has 1 aromatic carbocycles. The van der Waals surface area contributed by atoms with Gasteiger partial charge in [-0.15, -0.1) is 5.10 Å². The smallest absolute Gasteiger partial charge is 0.319 e. The van der Waals surface area contributed by atoms with Crippen LogP contribution < -0.4 is 10.6 Å². The molecule has 8 heteroatoms. The minimum atomic E-state index is -0.649. The summed E-state index contributed by atoms with van der Waals surface area (Å²) in [4.78, 5) is 12.0. The average molecular weight is 341 g/mol. The van der Waals surface area contributed by atoms with E-state index in [2.05, 4.69) is 20.2 Å².